The van der Waals surface area contributed by atoms with Gasteiger partial charge in [-0.15, -0.1) is 0 Å². The highest BCUT2D eigenvalue weighted by molar-refractivity contribution is 7.91. The number of benzene rings is 2. The summed E-state index contributed by atoms with van der Waals surface area (Å²) in [4.78, 5) is 0. The Morgan fingerprint density at radius 3 is 2.58 bits per heavy atom. The van der Waals surface area contributed by atoms with E-state index in [2.05, 4.69) is 5.32 Å². The van der Waals surface area contributed by atoms with Gasteiger partial charge in [0.25, 0.3) is 0 Å². The van der Waals surface area contributed by atoms with E-state index >= 15 is 0 Å². The maximum absolute atomic E-state index is 13.7. The Morgan fingerprint density at radius 2 is 1.85 bits per heavy atom. The molecule has 1 fully saturated rings. The molecule has 4 nitrogen and oxygen atoms in total. The molecule has 1 saturated carbocycles. The molecule has 0 unspecified atom stereocenters. The highest BCUT2D eigenvalue weighted by Gasteiger charge is 2.27. The van der Waals surface area contributed by atoms with Crippen LogP contribution in [-0.2, 0) is 15.6 Å². The summed E-state index contributed by atoms with van der Waals surface area (Å²) in [5.41, 5.74) is 1.62. The minimum Gasteiger partial charge on any atom is -0.354 e. The maximum Gasteiger partial charge on any atom is 0.157 e. The minimum absolute atomic E-state index is 0.00143. The normalized spacial score (nSPS) is 15.4. The third kappa shape index (κ3) is 4.23. The molecule has 0 spiro atoms. The van der Waals surface area contributed by atoms with E-state index in [1.165, 1.54) is 12.1 Å². The van der Waals surface area contributed by atoms with Gasteiger partial charge in [0.15, 0.2) is 9.84 Å². The molecule has 0 heterocycles. The molecule has 26 heavy (non-hydrogen) atoms. The molecule has 3 rings (SSSR count). The number of sulfone groups is 1. The second-order valence-corrected chi connectivity index (χ2v) is 8.95. The fourth-order valence-electron chi connectivity index (χ4n) is 3.41. The van der Waals surface area contributed by atoms with E-state index in [1.54, 1.807) is 30.3 Å². The summed E-state index contributed by atoms with van der Waals surface area (Å²) in [5.74, 6) is -0.588. The molecular formula is C20H21FN2O2S. The number of nitriles is 1. The Balaban J connectivity index is 1.79. The van der Waals surface area contributed by atoms with Crippen LogP contribution in [0, 0.1) is 17.1 Å². The van der Waals surface area contributed by atoms with Gasteiger partial charge in [-0.05, 0) is 42.7 Å². The zero-order chi connectivity index (χ0) is 18.6. The van der Waals surface area contributed by atoms with Crippen LogP contribution in [0.2, 0.25) is 0 Å². The Labute approximate surface area is 153 Å². The number of anilines is 2. The molecule has 6 heteroatoms. The first kappa shape index (κ1) is 18.4. The second kappa shape index (κ2) is 7.88. The van der Waals surface area contributed by atoms with Gasteiger partial charge in [-0.3, -0.25) is 0 Å². The van der Waals surface area contributed by atoms with Crippen LogP contribution in [0.1, 0.15) is 43.2 Å². The molecular weight excluding hydrogens is 351 g/mol. The van der Waals surface area contributed by atoms with Gasteiger partial charge in [-0.1, -0.05) is 37.5 Å². The van der Waals surface area contributed by atoms with Crippen molar-refractivity contribution in [2.45, 2.75) is 43.1 Å². The zero-order valence-electron chi connectivity index (χ0n) is 14.4. The molecule has 0 atom stereocenters. The van der Waals surface area contributed by atoms with Crippen molar-refractivity contribution in [1.82, 2.24) is 0 Å². The first-order valence-electron chi connectivity index (χ1n) is 8.76. The van der Waals surface area contributed by atoms with Gasteiger partial charge in [0.05, 0.1) is 16.7 Å². The Bertz CT molecular complexity index is 929. The Kier molecular flexibility index (Phi) is 5.58. The van der Waals surface area contributed by atoms with Crippen LogP contribution >= 0.6 is 0 Å². The van der Waals surface area contributed by atoms with E-state index < -0.39 is 15.7 Å². The smallest absolute Gasteiger partial charge is 0.157 e. The fourth-order valence-corrected chi connectivity index (χ4v) is 5.34. The highest BCUT2D eigenvalue weighted by Crippen LogP contribution is 2.28. The number of hydrogen-bond acceptors (Lipinski definition) is 4. The average molecular weight is 372 g/mol. The van der Waals surface area contributed by atoms with Crippen LogP contribution in [0.4, 0.5) is 15.8 Å². The lowest BCUT2D eigenvalue weighted by Crippen LogP contribution is -2.25. The predicted molar refractivity (Wildman–Crippen MR) is 100 cm³/mol. The van der Waals surface area contributed by atoms with Gasteiger partial charge in [-0.2, -0.15) is 5.26 Å². The first-order chi connectivity index (χ1) is 12.5. The highest BCUT2D eigenvalue weighted by atomic mass is 32.2. The SMILES string of the molecule is N#Cc1c(F)cccc1Nc1cccc(CS(=O)(=O)C2CCCCC2)c1. The molecule has 136 valence electrons. The van der Waals surface area contributed by atoms with Gasteiger partial charge in [-0.25, -0.2) is 12.8 Å². The van der Waals surface area contributed by atoms with Gasteiger partial charge in [0.1, 0.15) is 17.4 Å². The van der Waals surface area contributed by atoms with Gasteiger partial charge in [0.2, 0.25) is 0 Å². The molecule has 0 aromatic heterocycles. The van der Waals surface area contributed by atoms with Crippen molar-refractivity contribution in [2.24, 2.45) is 0 Å². The Morgan fingerprint density at radius 1 is 1.12 bits per heavy atom. The van der Waals surface area contributed by atoms with Gasteiger partial charge in [0, 0.05) is 5.69 Å². The van der Waals surface area contributed by atoms with E-state index in [9.17, 15) is 12.8 Å². The minimum atomic E-state index is -3.19. The summed E-state index contributed by atoms with van der Waals surface area (Å²) < 4.78 is 39.0. The summed E-state index contributed by atoms with van der Waals surface area (Å²) in [6.45, 7) is 0. The summed E-state index contributed by atoms with van der Waals surface area (Å²) in [5, 5.41) is 11.9. The summed E-state index contributed by atoms with van der Waals surface area (Å²) in [6.07, 6.45) is 4.55. The second-order valence-electron chi connectivity index (χ2n) is 6.67. The molecule has 2 aromatic rings. The van der Waals surface area contributed by atoms with Crippen molar-refractivity contribution in [3.63, 3.8) is 0 Å². The van der Waals surface area contributed by atoms with E-state index in [0.717, 1.165) is 32.1 Å². The summed E-state index contributed by atoms with van der Waals surface area (Å²) in [7, 11) is -3.19. The third-order valence-corrected chi connectivity index (χ3v) is 6.98. The molecule has 0 aliphatic heterocycles. The molecule has 0 bridgehead atoms. The molecule has 0 radical (unpaired) electrons. The average Bonchev–Trinajstić information content (AvgIpc) is 2.63. The number of rotatable bonds is 5. The van der Waals surface area contributed by atoms with Crippen molar-refractivity contribution in [3.8, 4) is 6.07 Å². The lowest BCUT2D eigenvalue weighted by atomic mass is 10.0. The topological polar surface area (TPSA) is 70.0 Å². The monoisotopic (exact) mass is 372 g/mol. The maximum atomic E-state index is 13.7. The quantitative estimate of drug-likeness (QED) is 0.827. The van der Waals surface area contributed by atoms with Crippen molar-refractivity contribution in [3.05, 3.63) is 59.4 Å². The standard InChI is InChI=1S/C20H21FN2O2S/c21-19-10-5-11-20(18(19)13-22)23-16-7-4-6-15(12-16)14-26(24,25)17-8-2-1-3-9-17/h4-7,10-12,17,23H,1-3,8-9,14H2. The molecule has 0 amide bonds. The van der Waals surface area contributed by atoms with Gasteiger partial charge < -0.3 is 5.32 Å². The van der Waals surface area contributed by atoms with Crippen molar-refractivity contribution in [1.29, 1.82) is 5.26 Å². The number of nitrogens with zero attached hydrogens (tertiary/aromatic N) is 1. The third-order valence-electron chi connectivity index (χ3n) is 4.76. The van der Waals surface area contributed by atoms with Crippen LogP contribution in [-0.4, -0.2) is 13.7 Å². The van der Waals surface area contributed by atoms with Crippen LogP contribution < -0.4 is 5.32 Å². The van der Waals surface area contributed by atoms with E-state index in [-0.39, 0.29) is 16.6 Å². The number of halogens is 1. The van der Waals surface area contributed by atoms with Gasteiger partial charge >= 0.3 is 0 Å². The summed E-state index contributed by atoms with van der Waals surface area (Å²) in [6, 6.07) is 13.3. The largest absolute Gasteiger partial charge is 0.354 e. The molecule has 0 saturated heterocycles. The first-order valence-corrected chi connectivity index (χ1v) is 10.5. The molecule has 2 aromatic carbocycles. The Hall–Kier alpha value is -2.39. The van der Waals surface area contributed by atoms with Crippen LogP contribution in [0.3, 0.4) is 0 Å². The lowest BCUT2D eigenvalue weighted by Gasteiger charge is -2.21. The number of nitrogens with one attached hydrogen (secondary N) is 1. The van der Waals surface area contributed by atoms with Crippen LogP contribution in [0.15, 0.2) is 42.5 Å². The molecule has 1 N–H and O–H groups in total. The predicted octanol–water partition coefficient (Wildman–Crippen LogP) is 4.69. The lowest BCUT2D eigenvalue weighted by molar-refractivity contribution is 0.483. The number of hydrogen-bond donors (Lipinski definition) is 1. The van der Waals surface area contributed by atoms with E-state index in [4.69, 9.17) is 5.26 Å². The fraction of sp³-hybridized carbons (Fsp3) is 0.350. The van der Waals surface area contributed by atoms with Crippen LogP contribution in [0.25, 0.3) is 0 Å². The van der Waals surface area contributed by atoms with E-state index in [1.807, 2.05) is 6.07 Å². The van der Waals surface area contributed by atoms with Crippen LogP contribution in [0.5, 0.6) is 0 Å². The van der Waals surface area contributed by atoms with Crippen molar-refractivity contribution in [2.75, 3.05) is 5.32 Å². The zero-order valence-corrected chi connectivity index (χ0v) is 15.2. The molecule has 1 aliphatic carbocycles. The molecule has 1 aliphatic rings. The van der Waals surface area contributed by atoms with E-state index in [0.29, 0.717) is 16.9 Å². The van der Waals surface area contributed by atoms with Crippen molar-refractivity contribution >= 4 is 21.2 Å². The van der Waals surface area contributed by atoms with Crippen molar-refractivity contribution < 1.29 is 12.8 Å². The summed E-state index contributed by atoms with van der Waals surface area (Å²) >= 11 is 0.